The molecule has 0 saturated carbocycles. The maximum Gasteiger partial charge on any atom is 0.246 e. The van der Waals surface area contributed by atoms with E-state index in [0.29, 0.717) is 31.6 Å². The number of carbonyl (C=O) groups is 2. The summed E-state index contributed by atoms with van der Waals surface area (Å²) in [6.45, 7) is 1.05. The van der Waals surface area contributed by atoms with Crippen LogP contribution in [0, 0.1) is 5.92 Å². The van der Waals surface area contributed by atoms with Crippen LogP contribution in [0.1, 0.15) is 18.4 Å². The van der Waals surface area contributed by atoms with E-state index in [1.165, 1.54) is 26.2 Å². The molecule has 164 valence electrons. The zero-order valence-corrected chi connectivity index (χ0v) is 18.5. The van der Waals surface area contributed by atoms with E-state index in [4.69, 9.17) is 0 Å². The van der Waals surface area contributed by atoms with Crippen LogP contribution in [-0.2, 0) is 19.6 Å². The van der Waals surface area contributed by atoms with Crippen molar-refractivity contribution in [3.05, 3.63) is 66.2 Å². The molecule has 31 heavy (non-hydrogen) atoms. The normalized spacial score (nSPS) is 15.4. The molecule has 1 fully saturated rings. The fourth-order valence-corrected chi connectivity index (χ4v) is 4.27. The average molecular weight is 442 g/mol. The molecule has 1 heterocycles. The van der Waals surface area contributed by atoms with E-state index in [-0.39, 0.29) is 22.6 Å². The molecule has 0 aliphatic carbocycles. The maximum absolute atomic E-state index is 12.6. The Morgan fingerprint density at radius 2 is 1.61 bits per heavy atom. The molecule has 1 N–H and O–H groups in total. The lowest BCUT2D eigenvalue weighted by molar-refractivity contribution is -0.130. The smallest absolute Gasteiger partial charge is 0.246 e. The predicted octanol–water partition coefficient (Wildman–Crippen LogP) is 2.83. The quantitative estimate of drug-likeness (QED) is 0.699. The number of nitrogens with zero attached hydrogens (tertiary/aromatic N) is 2. The molecule has 0 spiro atoms. The van der Waals surface area contributed by atoms with Gasteiger partial charge in [0.2, 0.25) is 21.8 Å². The van der Waals surface area contributed by atoms with Gasteiger partial charge in [0.05, 0.1) is 4.90 Å². The zero-order chi connectivity index (χ0) is 22.4. The Bertz CT molecular complexity index is 1040. The Hall–Kier alpha value is -2.97. The van der Waals surface area contributed by atoms with Gasteiger partial charge < -0.3 is 10.2 Å². The van der Waals surface area contributed by atoms with E-state index < -0.39 is 10.0 Å². The summed E-state index contributed by atoms with van der Waals surface area (Å²) in [6, 6.07) is 15.8. The maximum atomic E-state index is 12.6. The van der Waals surface area contributed by atoms with Gasteiger partial charge in [0.1, 0.15) is 0 Å². The minimum Gasteiger partial charge on any atom is -0.339 e. The second kappa shape index (κ2) is 9.89. The summed E-state index contributed by atoms with van der Waals surface area (Å²) >= 11 is 0. The number of rotatable bonds is 6. The summed E-state index contributed by atoms with van der Waals surface area (Å²) < 4.78 is 25.4. The van der Waals surface area contributed by atoms with Crippen LogP contribution in [-0.4, -0.2) is 56.6 Å². The van der Waals surface area contributed by atoms with Gasteiger partial charge in [0.25, 0.3) is 0 Å². The van der Waals surface area contributed by atoms with Crippen molar-refractivity contribution in [1.82, 2.24) is 9.21 Å². The first-order valence-corrected chi connectivity index (χ1v) is 11.6. The van der Waals surface area contributed by atoms with Gasteiger partial charge in [0, 0.05) is 44.9 Å². The SMILES string of the molecule is CN(C)S(=O)(=O)c1ccc(NC(=O)C2CCN(C(=O)/C=C/c3ccccc3)CC2)cc1. The van der Waals surface area contributed by atoms with Crippen molar-refractivity contribution < 1.29 is 18.0 Å². The molecule has 1 aliphatic rings. The number of piperidine rings is 1. The van der Waals surface area contributed by atoms with Crippen LogP contribution in [0.4, 0.5) is 5.69 Å². The summed E-state index contributed by atoms with van der Waals surface area (Å²) in [6.07, 6.45) is 4.54. The van der Waals surface area contributed by atoms with E-state index >= 15 is 0 Å². The Morgan fingerprint density at radius 1 is 1.00 bits per heavy atom. The highest BCUT2D eigenvalue weighted by atomic mass is 32.2. The highest BCUT2D eigenvalue weighted by Crippen LogP contribution is 2.21. The molecule has 3 rings (SSSR count). The number of likely N-dealkylation sites (tertiary alicyclic amines) is 1. The molecule has 0 atom stereocenters. The average Bonchev–Trinajstić information content (AvgIpc) is 2.78. The number of benzene rings is 2. The molecule has 2 amide bonds. The second-order valence-corrected chi connectivity index (χ2v) is 9.80. The van der Waals surface area contributed by atoms with Crippen LogP contribution in [0.3, 0.4) is 0 Å². The lowest BCUT2D eigenvalue weighted by atomic mass is 9.95. The molecule has 8 heteroatoms. The van der Waals surface area contributed by atoms with Crippen LogP contribution >= 0.6 is 0 Å². The van der Waals surface area contributed by atoms with Crippen molar-refractivity contribution in [2.75, 3.05) is 32.5 Å². The minimum absolute atomic E-state index is 0.0552. The Labute approximate surface area is 183 Å². The fourth-order valence-electron chi connectivity index (χ4n) is 3.36. The third-order valence-corrected chi connectivity index (χ3v) is 7.13. The molecule has 0 bridgehead atoms. The number of amides is 2. The molecular formula is C23H27N3O4S. The van der Waals surface area contributed by atoms with Crippen molar-refractivity contribution >= 4 is 33.6 Å². The van der Waals surface area contributed by atoms with Crippen molar-refractivity contribution in [2.45, 2.75) is 17.7 Å². The van der Waals surface area contributed by atoms with Crippen LogP contribution in [0.15, 0.2) is 65.6 Å². The van der Waals surface area contributed by atoms with Gasteiger partial charge in [-0.15, -0.1) is 0 Å². The summed E-state index contributed by atoms with van der Waals surface area (Å²) in [4.78, 5) is 26.9. The lowest BCUT2D eigenvalue weighted by Gasteiger charge is -2.30. The number of anilines is 1. The molecule has 1 saturated heterocycles. The minimum atomic E-state index is -3.50. The molecule has 0 radical (unpaired) electrons. The third-order valence-electron chi connectivity index (χ3n) is 5.30. The fraction of sp³-hybridized carbons (Fsp3) is 0.304. The van der Waals surface area contributed by atoms with Gasteiger partial charge >= 0.3 is 0 Å². The first-order chi connectivity index (χ1) is 14.8. The molecule has 1 aliphatic heterocycles. The molecule has 2 aromatic carbocycles. The predicted molar refractivity (Wildman–Crippen MR) is 121 cm³/mol. The number of nitrogens with one attached hydrogen (secondary N) is 1. The van der Waals surface area contributed by atoms with Crippen LogP contribution in [0.2, 0.25) is 0 Å². The first kappa shape index (κ1) is 22.7. The van der Waals surface area contributed by atoms with E-state index in [0.717, 1.165) is 9.87 Å². The summed E-state index contributed by atoms with van der Waals surface area (Å²) in [5, 5.41) is 2.85. The summed E-state index contributed by atoms with van der Waals surface area (Å²) in [5.41, 5.74) is 1.52. The number of hydrogen-bond acceptors (Lipinski definition) is 4. The summed E-state index contributed by atoms with van der Waals surface area (Å²) in [5.74, 6) is -0.358. The van der Waals surface area contributed by atoms with Gasteiger partial charge in [0.15, 0.2) is 0 Å². The van der Waals surface area contributed by atoms with E-state index in [1.807, 2.05) is 30.3 Å². The van der Waals surface area contributed by atoms with Crippen molar-refractivity contribution in [3.8, 4) is 0 Å². The van der Waals surface area contributed by atoms with E-state index in [1.54, 1.807) is 29.2 Å². The second-order valence-electron chi connectivity index (χ2n) is 7.64. The van der Waals surface area contributed by atoms with Crippen LogP contribution < -0.4 is 5.32 Å². The molecular weight excluding hydrogens is 414 g/mol. The monoisotopic (exact) mass is 441 g/mol. The Balaban J connectivity index is 1.51. The van der Waals surface area contributed by atoms with Gasteiger partial charge in [-0.2, -0.15) is 0 Å². The van der Waals surface area contributed by atoms with Crippen molar-refractivity contribution in [3.63, 3.8) is 0 Å². The van der Waals surface area contributed by atoms with Crippen LogP contribution in [0.5, 0.6) is 0 Å². The third kappa shape index (κ3) is 5.80. The largest absolute Gasteiger partial charge is 0.339 e. The van der Waals surface area contributed by atoms with Gasteiger partial charge in [-0.1, -0.05) is 30.3 Å². The Kier molecular flexibility index (Phi) is 7.25. The standard InChI is InChI=1S/C23H27N3O4S/c1-25(2)31(29,30)21-11-9-20(10-12-21)24-23(28)19-14-16-26(17-15-19)22(27)13-8-18-6-4-3-5-7-18/h3-13,19H,14-17H2,1-2H3,(H,24,28)/b13-8+. The number of carbonyl (C=O) groups excluding carboxylic acids is 2. The zero-order valence-electron chi connectivity index (χ0n) is 17.7. The highest BCUT2D eigenvalue weighted by molar-refractivity contribution is 7.89. The van der Waals surface area contributed by atoms with Crippen LogP contribution in [0.25, 0.3) is 6.08 Å². The van der Waals surface area contributed by atoms with Crippen molar-refractivity contribution in [2.24, 2.45) is 5.92 Å². The lowest BCUT2D eigenvalue weighted by Crippen LogP contribution is -2.40. The van der Waals surface area contributed by atoms with Gasteiger partial charge in [-0.3, -0.25) is 9.59 Å². The topological polar surface area (TPSA) is 86.8 Å². The number of hydrogen-bond donors (Lipinski definition) is 1. The molecule has 0 unspecified atom stereocenters. The van der Waals surface area contributed by atoms with E-state index in [9.17, 15) is 18.0 Å². The Morgan fingerprint density at radius 3 is 2.19 bits per heavy atom. The molecule has 0 aromatic heterocycles. The van der Waals surface area contributed by atoms with E-state index in [2.05, 4.69) is 5.32 Å². The highest BCUT2D eigenvalue weighted by Gasteiger charge is 2.26. The van der Waals surface area contributed by atoms with Gasteiger partial charge in [-0.25, -0.2) is 12.7 Å². The number of sulfonamides is 1. The summed E-state index contributed by atoms with van der Waals surface area (Å²) in [7, 11) is -0.558. The molecule has 7 nitrogen and oxygen atoms in total. The van der Waals surface area contributed by atoms with Gasteiger partial charge in [-0.05, 0) is 48.7 Å². The first-order valence-electron chi connectivity index (χ1n) is 10.1. The van der Waals surface area contributed by atoms with Crippen molar-refractivity contribution in [1.29, 1.82) is 0 Å². The molecule has 2 aromatic rings.